The van der Waals surface area contributed by atoms with Gasteiger partial charge in [0, 0.05) is 38.7 Å². The van der Waals surface area contributed by atoms with Gasteiger partial charge in [0.05, 0.1) is 12.7 Å². The maximum atomic E-state index is 15.4. The summed E-state index contributed by atoms with van der Waals surface area (Å²) in [7, 11) is 1.20. The van der Waals surface area contributed by atoms with Crippen LogP contribution in [0.1, 0.15) is 0 Å². The molecule has 0 spiro atoms. The minimum Gasteiger partial charge on any atom is -0.497 e. The van der Waals surface area contributed by atoms with Crippen LogP contribution in [0.2, 0.25) is 0 Å². The number of fused-ring (bicyclic) bond motifs is 2. The Morgan fingerprint density at radius 1 is 0.400 bits per heavy atom. The van der Waals surface area contributed by atoms with Crippen LogP contribution in [0.3, 0.4) is 0 Å². The van der Waals surface area contributed by atoms with E-state index >= 15 is 17.6 Å². The number of halogens is 12. The third-order valence-electron chi connectivity index (χ3n) is 6.27. The molecule has 0 aliphatic carbocycles. The van der Waals surface area contributed by atoms with Crippen molar-refractivity contribution in [3.63, 3.8) is 0 Å². The molecular weight excluding hydrogens is 568 g/mol. The average molecular weight is 576 g/mol. The zero-order valence-electron chi connectivity index (χ0n) is 19.3. The summed E-state index contributed by atoms with van der Waals surface area (Å²) in [5.41, 5.74) is -5.54. The lowest BCUT2D eigenvalue weighted by molar-refractivity contribution is 0.415. The standard InChI is InChI=1S/C27H8F12O/c1-40-8-4-2-7(3-5-8)11-13-15(22(34)26(38)24(36)20(13)32)12(17-18(30)9(28)6-10(29)19(17)31)16-14(11)21(33)25(37)27(39)23(16)35/h2-6H,1H3. The third kappa shape index (κ3) is 3.59. The predicted molar refractivity (Wildman–Crippen MR) is 118 cm³/mol. The molecule has 0 bridgehead atoms. The van der Waals surface area contributed by atoms with E-state index in [0.717, 1.165) is 24.3 Å². The fourth-order valence-electron chi connectivity index (χ4n) is 4.54. The molecule has 0 amide bonds. The Bertz CT molecular complexity index is 1790. The number of hydrogen-bond acceptors (Lipinski definition) is 1. The molecule has 13 heteroatoms. The van der Waals surface area contributed by atoms with Crippen molar-refractivity contribution in [2.24, 2.45) is 0 Å². The van der Waals surface area contributed by atoms with Gasteiger partial charge in [0.15, 0.2) is 69.8 Å². The van der Waals surface area contributed by atoms with Crippen LogP contribution in [0.15, 0.2) is 30.3 Å². The van der Waals surface area contributed by atoms with Crippen molar-refractivity contribution >= 4 is 21.5 Å². The number of rotatable bonds is 3. The van der Waals surface area contributed by atoms with E-state index in [2.05, 4.69) is 0 Å². The number of ether oxygens (including phenoxy) is 1. The Labute approximate surface area is 214 Å². The molecule has 0 aliphatic heterocycles. The van der Waals surface area contributed by atoms with Crippen LogP contribution >= 0.6 is 0 Å². The minimum atomic E-state index is -2.63. The number of methoxy groups -OCH3 is 1. The van der Waals surface area contributed by atoms with Crippen LogP contribution in [0.25, 0.3) is 43.8 Å². The molecule has 0 saturated heterocycles. The summed E-state index contributed by atoms with van der Waals surface area (Å²) >= 11 is 0. The number of hydrogen-bond donors (Lipinski definition) is 0. The van der Waals surface area contributed by atoms with Gasteiger partial charge in [-0.3, -0.25) is 0 Å². The van der Waals surface area contributed by atoms with Gasteiger partial charge >= 0.3 is 0 Å². The summed E-state index contributed by atoms with van der Waals surface area (Å²) in [5, 5.41) is -6.61. The molecule has 0 radical (unpaired) electrons. The second-order valence-electron chi connectivity index (χ2n) is 8.33. The molecule has 0 atom stereocenters. The molecule has 0 saturated carbocycles. The molecule has 40 heavy (non-hydrogen) atoms. The van der Waals surface area contributed by atoms with Crippen LogP contribution in [0.5, 0.6) is 5.75 Å². The fourth-order valence-corrected chi connectivity index (χ4v) is 4.54. The van der Waals surface area contributed by atoms with Gasteiger partial charge in [-0.2, -0.15) is 0 Å². The van der Waals surface area contributed by atoms with Crippen molar-refractivity contribution in [1.82, 2.24) is 0 Å². The van der Waals surface area contributed by atoms with Crippen LogP contribution in [0, 0.1) is 69.8 Å². The molecule has 0 heterocycles. The quantitative estimate of drug-likeness (QED) is 0.0902. The topological polar surface area (TPSA) is 9.23 Å². The molecule has 0 aromatic heterocycles. The highest BCUT2D eigenvalue weighted by Gasteiger charge is 2.36. The van der Waals surface area contributed by atoms with Gasteiger partial charge in [0.25, 0.3) is 0 Å². The summed E-state index contributed by atoms with van der Waals surface area (Å²) < 4.78 is 183. The van der Waals surface area contributed by atoms with Crippen molar-refractivity contribution in [2.45, 2.75) is 0 Å². The molecule has 5 rings (SSSR count). The monoisotopic (exact) mass is 576 g/mol. The predicted octanol–water partition coefficient (Wildman–Crippen LogP) is 9.00. The zero-order chi connectivity index (χ0) is 29.4. The van der Waals surface area contributed by atoms with Crippen LogP contribution < -0.4 is 4.74 Å². The molecule has 1 nitrogen and oxygen atoms in total. The summed E-state index contributed by atoms with van der Waals surface area (Å²) in [6.45, 7) is 0. The largest absolute Gasteiger partial charge is 0.497 e. The van der Waals surface area contributed by atoms with Crippen LogP contribution in [-0.4, -0.2) is 7.11 Å². The van der Waals surface area contributed by atoms with Crippen molar-refractivity contribution < 1.29 is 57.4 Å². The Hall–Kier alpha value is -4.42. The van der Waals surface area contributed by atoms with Gasteiger partial charge in [-0.15, -0.1) is 0 Å². The maximum Gasteiger partial charge on any atom is 0.198 e. The summed E-state index contributed by atoms with van der Waals surface area (Å²) in [6.07, 6.45) is 0. The molecule has 5 aromatic carbocycles. The van der Waals surface area contributed by atoms with E-state index in [1.807, 2.05) is 0 Å². The first kappa shape index (κ1) is 27.2. The maximum absolute atomic E-state index is 15.4. The van der Waals surface area contributed by atoms with Gasteiger partial charge in [-0.1, -0.05) is 12.1 Å². The normalized spacial score (nSPS) is 11.6. The van der Waals surface area contributed by atoms with E-state index < -0.39 is 114 Å². The lowest BCUT2D eigenvalue weighted by atomic mass is 9.84. The number of benzene rings is 5. The van der Waals surface area contributed by atoms with Gasteiger partial charge < -0.3 is 4.74 Å². The third-order valence-corrected chi connectivity index (χ3v) is 6.27. The first-order valence-electron chi connectivity index (χ1n) is 10.8. The molecular formula is C27H8F12O. The van der Waals surface area contributed by atoms with Crippen molar-refractivity contribution in [1.29, 1.82) is 0 Å². The highest BCUT2D eigenvalue weighted by molar-refractivity contribution is 6.22. The Morgan fingerprint density at radius 3 is 1.10 bits per heavy atom. The van der Waals surface area contributed by atoms with Crippen molar-refractivity contribution in [3.8, 4) is 28.0 Å². The van der Waals surface area contributed by atoms with E-state index in [9.17, 15) is 35.1 Å². The zero-order valence-corrected chi connectivity index (χ0v) is 19.3. The van der Waals surface area contributed by atoms with Crippen molar-refractivity contribution in [3.05, 3.63) is 100 Å². The van der Waals surface area contributed by atoms with Gasteiger partial charge in [0.2, 0.25) is 0 Å². The van der Waals surface area contributed by atoms with E-state index in [1.165, 1.54) is 7.11 Å². The van der Waals surface area contributed by atoms with E-state index in [-0.39, 0.29) is 11.8 Å². The molecule has 0 unspecified atom stereocenters. The van der Waals surface area contributed by atoms with E-state index in [0.29, 0.717) is 0 Å². The highest BCUT2D eigenvalue weighted by Crippen LogP contribution is 2.50. The molecule has 0 aliphatic rings. The summed E-state index contributed by atoms with van der Waals surface area (Å²) in [4.78, 5) is 0. The highest BCUT2D eigenvalue weighted by atomic mass is 19.2. The molecule has 0 N–H and O–H groups in total. The van der Waals surface area contributed by atoms with Crippen LogP contribution in [-0.2, 0) is 0 Å². The molecule has 0 fully saturated rings. The first-order valence-corrected chi connectivity index (χ1v) is 10.8. The second kappa shape index (κ2) is 9.35. The smallest absolute Gasteiger partial charge is 0.198 e. The molecule has 5 aromatic rings. The van der Waals surface area contributed by atoms with Crippen LogP contribution in [0.4, 0.5) is 52.7 Å². The lowest BCUT2D eigenvalue weighted by Gasteiger charge is -2.21. The van der Waals surface area contributed by atoms with Gasteiger partial charge in [-0.25, -0.2) is 52.7 Å². The minimum absolute atomic E-state index is 0.0983. The summed E-state index contributed by atoms with van der Waals surface area (Å²) in [5.74, 6) is -29.1. The van der Waals surface area contributed by atoms with Gasteiger partial charge in [0.1, 0.15) is 5.75 Å². The van der Waals surface area contributed by atoms with Crippen molar-refractivity contribution in [2.75, 3.05) is 7.11 Å². The Morgan fingerprint density at radius 2 is 0.750 bits per heavy atom. The first-order chi connectivity index (χ1) is 18.8. The molecule has 206 valence electrons. The SMILES string of the molecule is COc1ccc(-c2c3c(F)c(F)c(F)c(F)c3c(-c3c(F)c(F)cc(F)c3F)c3c(F)c(F)c(F)c(F)c23)cc1. The lowest BCUT2D eigenvalue weighted by Crippen LogP contribution is -2.08. The average Bonchev–Trinajstić information content (AvgIpc) is 2.94. The van der Waals surface area contributed by atoms with Gasteiger partial charge in [-0.05, 0) is 17.7 Å². The van der Waals surface area contributed by atoms with E-state index in [4.69, 9.17) is 4.74 Å². The van der Waals surface area contributed by atoms with E-state index in [1.54, 1.807) is 0 Å². The fraction of sp³-hybridized carbons (Fsp3) is 0.0370. The Balaban J connectivity index is 2.26. The second-order valence-corrected chi connectivity index (χ2v) is 8.33. The summed E-state index contributed by atoms with van der Waals surface area (Å²) in [6, 6.07) is 3.83. The Kier molecular flexibility index (Phi) is 6.35.